The van der Waals surface area contributed by atoms with Gasteiger partial charge in [-0.2, -0.15) is 0 Å². The highest BCUT2D eigenvalue weighted by Gasteiger charge is 2.00. The first-order valence-electron chi connectivity index (χ1n) is 9.98. The molecule has 2 atom stereocenters. The third kappa shape index (κ3) is 22.2. The minimum atomic E-state index is -0.0448. The first-order valence-corrected chi connectivity index (χ1v) is 9.98. The van der Waals surface area contributed by atoms with Crippen molar-refractivity contribution in [2.45, 2.75) is 130 Å². The summed E-state index contributed by atoms with van der Waals surface area (Å²) in [4.78, 5) is 0. The van der Waals surface area contributed by atoms with Crippen LogP contribution in [0.3, 0.4) is 0 Å². The second kappa shape index (κ2) is 20.9. The van der Waals surface area contributed by atoms with E-state index in [1.54, 1.807) is 0 Å². The lowest BCUT2D eigenvalue weighted by atomic mass is 10.1. The number of rotatable bonds is 14. The minimum Gasteiger partial charge on any atom is -0.393 e. The van der Waals surface area contributed by atoms with Gasteiger partial charge >= 0.3 is 0 Å². The maximum Gasteiger partial charge on any atom is 0.0540 e. The summed E-state index contributed by atoms with van der Waals surface area (Å²) in [6.07, 6.45) is 16.5. The second-order valence-corrected chi connectivity index (χ2v) is 6.56. The fourth-order valence-electron chi connectivity index (χ4n) is 2.47. The molecule has 2 nitrogen and oxygen atoms in total. The predicted molar refractivity (Wildman–Crippen MR) is 99.3 cm³/mol. The van der Waals surface area contributed by atoms with Gasteiger partial charge in [-0.1, -0.05) is 91.9 Å². The van der Waals surface area contributed by atoms with E-state index in [9.17, 15) is 10.2 Å². The molecular weight excluding hydrogens is 272 g/mol. The number of unbranched alkanes of at least 4 members (excludes halogenated alkanes) is 7. The van der Waals surface area contributed by atoms with Gasteiger partial charge in [-0.3, -0.25) is 0 Å². The maximum absolute atomic E-state index is 9.35. The van der Waals surface area contributed by atoms with E-state index < -0.39 is 0 Å². The van der Waals surface area contributed by atoms with E-state index in [-0.39, 0.29) is 12.2 Å². The van der Waals surface area contributed by atoms with E-state index in [4.69, 9.17) is 0 Å². The molecule has 2 unspecified atom stereocenters. The summed E-state index contributed by atoms with van der Waals surface area (Å²) in [5.41, 5.74) is 0. The van der Waals surface area contributed by atoms with Crippen molar-refractivity contribution in [1.82, 2.24) is 0 Å². The van der Waals surface area contributed by atoms with Crippen LogP contribution in [0.1, 0.15) is 118 Å². The van der Waals surface area contributed by atoms with Gasteiger partial charge < -0.3 is 10.2 Å². The molecule has 136 valence electrons. The van der Waals surface area contributed by atoms with Gasteiger partial charge in [-0.05, 0) is 25.7 Å². The maximum atomic E-state index is 9.35. The standard InChI is InChI=1S/2C10H22O/c1-3-5-6-7-8-9-10(11)4-2;1-3-5-6-7-9-10(11)8-4-2/h2*10-11H,3-9H2,1-2H3. The number of hydrogen-bond donors (Lipinski definition) is 2. The summed E-state index contributed by atoms with van der Waals surface area (Å²) in [7, 11) is 0. The number of hydrogen-bond acceptors (Lipinski definition) is 2. The SMILES string of the molecule is CCCCCCC(O)CCC.CCCCCCCC(O)CC. The molecule has 0 amide bonds. The van der Waals surface area contributed by atoms with Crippen LogP contribution in [0.25, 0.3) is 0 Å². The van der Waals surface area contributed by atoms with Crippen LogP contribution >= 0.6 is 0 Å². The van der Waals surface area contributed by atoms with Crippen molar-refractivity contribution in [2.24, 2.45) is 0 Å². The Bertz CT molecular complexity index is 183. The van der Waals surface area contributed by atoms with Gasteiger partial charge in [0, 0.05) is 0 Å². The van der Waals surface area contributed by atoms with Crippen molar-refractivity contribution in [3.8, 4) is 0 Å². The van der Waals surface area contributed by atoms with Gasteiger partial charge in [0.2, 0.25) is 0 Å². The summed E-state index contributed by atoms with van der Waals surface area (Å²) in [6.45, 7) is 8.59. The normalized spacial score (nSPS) is 13.4. The molecule has 0 saturated carbocycles. The molecule has 0 spiro atoms. The fraction of sp³-hybridized carbons (Fsp3) is 1.00. The van der Waals surface area contributed by atoms with Gasteiger partial charge in [0.05, 0.1) is 12.2 Å². The van der Waals surface area contributed by atoms with Gasteiger partial charge in [0.25, 0.3) is 0 Å². The molecule has 0 aromatic rings. The first kappa shape index (κ1) is 24.2. The molecule has 0 aromatic carbocycles. The predicted octanol–water partition coefficient (Wildman–Crippen LogP) is 6.24. The summed E-state index contributed by atoms with van der Waals surface area (Å²) in [5, 5.41) is 18.6. The van der Waals surface area contributed by atoms with Crippen molar-refractivity contribution in [1.29, 1.82) is 0 Å². The van der Waals surface area contributed by atoms with Gasteiger partial charge in [0.1, 0.15) is 0 Å². The van der Waals surface area contributed by atoms with Crippen LogP contribution in [0.5, 0.6) is 0 Å². The van der Waals surface area contributed by atoms with Gasteiger partial charge in [-0.15, -0.1) is 0 Å². The average molecular weight is 317 g/mol. The molecule has 0 heterocycles. The van der Waals surface area contributed by atoms with Crippen molar-refractivity contribution < 1.29 is 10.2 Å². The lowest BCUT2D eigenvalue weighted by Gasteiger charge is -2.07. The fourth-order valence-corrected chi connectivity index (χ4v) is 2.47. The Labute approximate surface area is 140 Å². The van der Waals surface area contributed by atoms with E-state index in [1.165, 1.54) is 57.8 Å². The smallest absolute Gasteiger partial charge is 0.0540 e. The average Bonchev–Trinajstić information content (AvgIpc) is 2.52. The van der Waals surface area contributed by atoms with Crippen LogP contribution in [-0.4, -0.2) is 22.4 Å². The van der Waals surface area contributed by atoms with Gasteiger partial charge in [0.15, 0.2) is 0 Å². The molecule has 0 fully saturated rings. The zero-order chi connectivity index (χ0) is 17.1. The molecule has 22 heavy (non-hydrogen) atoms. The summed E-state index contributed by atoms with van der Waals surface area (Å²) >= 11 is 0. The molecule has 0 radical (unpaired) electrons. The highest BCUT2D eigenvalue weighted by atomic mass is 16.3. The number of aliphatic hydroxyl groups is 2. The highest BCUT2D eigenvalue weighted by Crippen LogP contribution is 2.09. The molecule has 0 bridgehead atoms. The third-order valence-electron chi connectivity index (χ3n) is 4.12. The van der Waals surface area contributed by atoms with Crippen LogP contribution in [0.15, 0.2) is 0 Å². The molecule has 0 rings (SSSR count). The van der Waals surface area contributed by atoms with Crippen LogP contribution in [0.2, 0.25) is 0 Å². The quantitative estimate of drug-likeness (QED) is 0.373. The van der Waals surface area contributed by atoms with Crippen LogP contribution in [0, 0.1) is 0 Å². The van der Waals surface area contributed by atoms with Crippen molar-refractivity contribution >= 4 is 0 Å². The topological polar surface area (TPSA) is 40.5 Å². The lowest BCUT2D eigenvalue weighted by Crippen LogP contribution is -2.04. The monoisotopic (exact) mass is 316 g/mol. The molecular formula is C20H44O2. The zero-order valence-corrected chi connectivity index (χ0v) is 15.9. The Balaban J connectivity index is 0. The van der Waals surface area contributed by atoms with Crippen LogP contribution in [-0.2, 0) is 0 Å². The summed E-state index contributed by atoms with van der Waals surface area (Å²) < 4.78 is 0. The van der Waals surface area contributed by atoms with Gasteiger partial charge in [-0.25, -0.2) is 0 Å². The highest BCUT2D eigenvalue weighted by molar-refractivity contribution is 4.54. The van der Waals surface area contributed by atoms with Crippen molar-refractivity contribution in [2.75, 3.05) is 0 Å². The third-order valence-corrected chi connectivity index (χ3v) is 4.12. The van der Waals surface area contributed by atoms with Crippen molar-refractivity contribution in [3.63, 3.8) is 0 Å². The summed E-state index contributed by atoms with van der Waals surface area (Å²) in [6, 6.07) is 0. The van der Waals surface area contributed by atoms with Crippen molar-refractivity contribution in [3.05, 3.63) is 0 Å². The molecule has 2 heteroatoms. The van der Waals surface area contributed by atoms with E-state index in [0.717, 1.165) is 32.1 Å². The van der Waals surface area contributed by atoms with E-state index >= 15 is 0 Å². The molecule has 0 aliphatic rings. The lowest BCUT2D eigenvalue weighted by molar-refractivity contribution is 0.150. The molecule has 0 saturated heterocycles. The number of aliphatic hydroxyl groups excluding tert-OH is 2. The van der Waals surface area contributed by atoms with Crippen LogP contribution < -0.4 is 0 Å². The van der Waals surface area contributed by atoms with E-state index in [2.05, 4.69) is 20.8 Å². The van der Waals surface area contributed by atoms with E-state index in [0.29, 0.717) is 0 Å². The Morgan fingerprint density at radius 3 is 1.41 bits per heavy atom. The first-order chi connectivity index (χ1) is 10.6. The molecule has 0 aliphatic carbocycles. The summed E-state index contributed by atoms with van der Waals surface area (Å²) in [5.74, 6) is 0. The second-order valence-electron chi connectivity index (χ2n) is 6.56. The molecule has 0 aliphatic heterocycles. The Morgan fingerprint density at radius 2 is 0.955 bits per heavy atom. The minimum absolute atomic E-state index is 0.0307. The molecule has 2 N–H and O–H groups in total. The Kier molecular flexibility index (Phi) is 23.0. The van der Waals surface area contributed by atoms with E-state index in [1.807, 2.05) is 6.92 Å². The molecule has 0 aromatic heterocycles. The Hall–Kier alpha value is -0.0800. The van der Waals surface area contributed by atoms with Crippen LogP contribution in [0.4, 0.5) is 0 Å². The zero-order valence-electron chi connectivity index (χ0n) is 15.9. The largest absolute Gasteiger partial charge is 0.393 e. The Morgan fingerprint density at radius 1 is 0.500 bits per heavy atom.